The van der Waals surface area contributed by atoms with Crippen LogP contribution in [-0.4, -0.2) is 47.4 Å². The van der Waals surface area contributed by atoms with Gasteiger partial charge in [0.05, 0.1) is 18.8 Å². The Balaban J connectivity index is 2.09. The lowest BCUT2D eigenvalue weighted by molar-refractivity contribution is -0.120. The van der Waals surface area contributed by atoms with Crippen molar-refractivity contribution in [1.29, 1.82) is 0 Å². The molecule has 1 saturated heterocycles. The third-order valence-electron chi connectivity index (χ3n) is 4.57. The highest BCUT2D eigenvalue weighted by Crippen LogP contribution is 2.38. The van der Waals surface area contributed by atoms with Gasteiger partial charge in [0, 0.05) is 18.6 Å². The van der Waals surface area contributed by atoms with Crippen LogP contribution in [0, 0.1) is 5.41 Å². The highest BCUT2D eigenvalue weighted by molar-refractivity contribution is 4.95. The van der Waals surface area contributed by atoms with E-state index < -0.39 is 0 Å². The molecule has 1 heterocycles. The number of aliphatic hydroxyl groups is 1. The lowest BCUT2D eigenvalue weighted by Gasteiger charge is -2.49. The Morgan fingerprint density at radius 3 is 2.71 bits per heavy atom. The number of hydrogen-bond acceptors (Lipinski definition) is 3. The molecule has 2 rings (SSSR count). The average Bonchev–Trinajstić information content (AvgIpc) is 2.26. The highest BCUT2D eigenvalue weighted by atomic mass is 16.5. The molecular formula is C14H27NO2. The van der Waals surface area contributed by atoms with Gasteiger partial charge in [0.2, 0.25) is 0 Å². The molecule has 1 aliphatic carbocycles. The molecule has 17 heavy (non-hydrogen) atoms. The Morgan fingerprint density at radius 1 is 1.29 bits per heavy atom. The van der Waals surface area contributed by atoms with E-state index >= 15 is 0 Å². The monoisotopic (exact) mass is 241 g/mol. The van der Waals surface area contributed by atoms with Gasteiger partial charge in [-0.1, -0.05) is 20.3 Å². The van der Waals surface area contributed by atoms with Crippen LogP contribution in [0.25, 0.3) is 0 Å². The second kappa shape index (κ2) is 4.87. The van der Waals surface area contributed by atoms with E-state index in [0.29, 0.717) is 18.2 Å². The lowest BCUT2D eigenvalue weighted by atomic mass is 9.72. The molecule has 0 bridgehead atoms. The molecule has 4 unspecified atom stereocenters. The summed E-state index contributed by atoms with van der Waals surface area (Å²) in [4.78, 5) is 2.47. The quantitative estimate of drug-likeness (QED) is 0.762. The predicted molar refractivity (Wildman–Crippen MR) is 69.0 cm³/mol. The van der Waals surface area contributed by atoms with Gasteiger partial charge in [0.15, 0.2) is 0 Å². The van der Waals surface area contributed by atoms with Crippen LogP contribution in [0.15, 0.2) is 0 Å². The maximum absolute atomic E-state index is 10.6. The van der Waals surface area contributed by atoms with Gasteiger partial charge < -0.3 is 9.84 Å². The van der Waals surface area contributed by atoms with E-state index in [0.717, 1.165) is 26.0 Å². The van der Waals surface area contributed by atoms with E-state index in [1.807, 2.05) is 0 Å². The Labute approximate surface area is 105 Å². The zero-order chi connectivity index (χ0) is 12.6. The van der Waals surface area contributed by atoms with Crippen LogP contribution in [0.2, 0.25) is 0 Å². The van der Waals surface area contributed by atoms with Crippen molar-refractivity contribution >= 4 is 0 Å². The first-order valence-electron chi connectivity index (χ1n) is 6.97. The smallest absolute Gasteiger partial charge is 0.0746 e. The van der Waals surface area contributed by atoms with Gasteiger partial charge in [0.1, 0.15) is 0 Å². The van der Waals surface area contributed by atoms with Crippen molar-refractivity contribution in [2.45, 2.75) is 71.2 Å². The molecule has 3 heteroatoms. The molecule has 100 valence electrons. The predicted octanol–water partition coefficient (Wildman–Crippen LogP) is 2.04. The molecule has 3 nitrogen and oxygen atoms in total. The van der Waals surface area contributed by atoms with Gasteiger partial charge in [-0.25, -0.2) is 0 Å². The van der Waals surface area contributed by atoms with Crippen molar-refractivity contribution in [3.63, 3.8) is 0 Å². The SMILES string of the molecule is CC1CN(C2CCCC(C)(C)C2O)C(C)CO1. The van der Waals surface area contributed by atoms with E-state index in [1.165, 1.54) is 6.42 Å². The van der Waals surface area contributed by atoms with Gasteiger partial charge in [-0.3, -0.25) is 4.90 Å². The van der Waals surface area contributed by atoms with Crippen LogP contribution in [0.3, 0.4) is 0 Å². The zero-order valence-electron chi connectivity index (χ0n) is 11.6. The first-order valence-corrected chi connectivity index (χ1v) is 6.97. The summed E-state index contributed by atoms with van der Waals surface area (Å²) in [6.45, 7) is 10.5. The third kappa shape index (κ3) is 2.67. The molecular weight excluding hydrogens is 214 g/mol. The first-order chi connectivity index (χ1) is 7.92. The van der Waals surface area contributed by atoms with Gasteiger partial charge in [-0.05, 0) is 32.1 Å². The Kier molecular flexibility index (Phi) is 3.81. The minimum absolute atomic E-state index is 0.0597. The number of morpholine rings is 1. The molecule has 1 saturated carbocycles. The summed E-state index contributed by atoms with van der Waals surface area (Å²) in [5.74, 6) is 0. The molecule has 0 aromatic heterocycles. The van der Waals surface area contributed by atoms with Crippen LogP contribution in [-0.2, 0) is 4.74 Å². The van der Waals surface area contributed by atoms with Crippen molar-refractivity contribution in [2.75, 3.05) is 13.2 Å². The van der Waals surface area contributed by atoms with Crippen molar-refractivity contribution in [1.82, 2.24) is 4.90 Å². The van der Waals surface area contributed by atoms with Crippen molar-refractivity contribution in [3.05, 3.63) is 0 Å². The largest absolute Gasteiger partial charge is 0.391 e. The molecule has 0 aromatic rings. The highest BCUT2D eigenvalue weighted by Gasteiger charge is 2.42. The molecule has 2 aliphatic rings. The minimum atomic E-state index is -0.205. The van der Waals surface area contributed by atoms with Crippen molar-refractivity contribution in [2.24, 2.45) is 5.41 Å². The van der Waals surface area contributed by atoms with Gasteiger partial charge in [0.25, 0.3) is 0 Å². The first kappa shape index (κ1) is 13.3. The van der Waals surface area contributed by atoms with Crippen LogP contribution in [0.1, 0.15) is 47.0 Å². The standard InChI is InChI=1S/C14H27NO2/c1-10-9-17-11(2)8-15(10)12-6-5-7-14(3,4)13(12)16/h10-13,16H,5-9H2,1-4H3. The lowest BCUT2D eigenvalue weighted by Crippen LogP contribution is -2.59. The van der Waals surface area contributed by atoms with E-state index in [9.17, 15) is 5.11 Å². The second-order valence-corrected chi connectivity index (χ2v) is 6.58. The maximum atomic E-state index is 10.6. The fraction of sp³-hybridized carbons (Fsp3) is 1.00. The van der Waals surface area contributed by atoms with Crippen LogP contribution in [0.4, 0.5) is 0 Å². The summed E-state index contributed by atoms with van der Waals surface area (Å²) in [5, 5.41) is 10.6. The van der Waals surface area contributed by atoms with Crippen LogP contribution >= 0.6 is 0 Å². The molecule has 0 aromatic carbocycles. The van der Waals surface area contributed by atoms with Gasteiger partial charge >= 0.3 is 0 Å². The summed E-state index contributed by atoms with van der Waals surface area (Å²) in [7, 11) is 0. The van der Waals surface area contributed by atoms with Crippen molar-refractivity contribution in [3.8, 4) is 0 Å². The summed E-state index contributed by atoms with van der Waals surface area (Å²) < 4.78 is 5.68. The molecule has 1 aliphatic heterocycles. The number of rotatable bonds is 1. The summed E-state index contributed by atoms with van der Waals surface area (Å²) in [6, 6.07) is 0.750. The third-order valence-corrected chi connectivity index (χ3v) is 4.57. The number of aliphatic hydroxyl groups excluding tert-OH is 1. The van der Waals surface area contributed by atoms with Crippen LogP contribution in [0.5, 0.6) is 0 Å². The molecule has 1 N–H and O–H groups in total. The average molecular weight is 241 g/mol. The fourth-order valence-electron chi connectivity index (χ4n) is 3.33. The molecule has 0 amide bonds. The van der Waals surface area contributed by atoms with Crippen LogP contribution < -0.4 is 0 Å². The Bertz CT molecular complexity index is 267. The van der Waals surface area contributed by atoms with Gasteiger partial charge in [-0.15, -0.1) is 0 Å². The fourth-order valence-corrected chi connectivity index (χ4v) is 3.33. The number of hydrogen-bond donors (Lipinski definition) is 1. The maximum Gasteiger partial charge on any atom is 0.0746 e. The van der Waals surface area contributed by atoms with Crippen molar-refractivity contribution < 1.29 is 9.84 Å². The van der Waals surface area contributed by atoms with E-state index in [-0.39, 0.29) is 11.5 Å². The number of ether oxygens (including phenoxy) is 1. The second-order valence-electron chi connectivity index (χ2n) is 6.58. The van der Waals surface area contributed by atoms with E-state index in [4.69, 9.17) is 4.74 Å². The van der Waals surface area contributed by atoms with E-state index in [1.54, 1.807) is 0 Å². The Hall–Kier alpha value is -0.120. The van der Waals surface area contributed by atoms with E-state index in [2.05, 4.69) is 32.6 Å². The Morgan fingerprint density at radius 2 is 2.00 bits per heavy atom. The summed E-state index contributed by atoms with van der Waals surface area (Å²) in [5.41, 5.74) is 0.0597. The summed E-state index contributed by atoms with van der Waals surface area (Å²) >= 11 is 0. The minimum Gasteiger partial charge on any atom is -0.391 e. The number of nitrogens with zero attached hydrogens (tertiary/aromatic N) is 1. The molecule has 4 atom stereocenters. The molecule has 0 radical (unpaired) electrons. The van der Waals surface area contributed by atoms with Gasteiger partial charge in [-0.2, -0.15) is 0 Å². The molecule has 2 fully saturated rings. The topological polar surface area (TPSA) is 32.7 Å². The zero-order valence-corrected chi connectivity index (χ0v) is 11.6. The normalized spacial score (nSPS) is 43.6. The molecule has 0 spiro atoms. The summed E-state index contributed by atoms with van der Waals surface area (Å²) in [6.07, 6.45) is 3.58.